The minimum absolute atomic E-state index is 0.00477. The number of rotatable bonds is 5. The van der Waals surface area contributed by atoms with E-state index in [0.29, 0.717) is 37.4 Å². The van der Waals surface area contributed by atoms with Crippen LogP contribution in [-0.2, 0) is 17.1 Å². The van der Waals surface area contributed by atoms with Crippen LogP contribution in [0.15, 0.2) is 6.07 Å². The zero-order valence-electron chi connectivity index (χ0n) is 17.6. The first-order chi connectivity index (χ1) is 13.7. The standard InChI is InChI=1S/C20H29N5O3S/c1-5-29(27,28)24(4)15-8-10-25(11-9-15)20(26)16-12-17(14-6-7-14)21-19-18(16)13(2)22-23(19)3/h12,14-15H,5-11H2,1-4H3. The highest BCUT2D eigenvalue weighted by atomic mass is 32.2. The summed E-state index contributed by atoms with van der Waals surface area (Å²) in [4.78, 5) is 20.1. The van der Waals surface area contributed by atoms with E-state index in [4.69, 9.17) is 4.98 Å². The van der Waals surface area contributed by atoms with Crippen LogP contribution in [0.1, 0.15) is 60.3 Å². The van der Waals surface area contributed by atoms with E-state index in [-0.39, 0.29) is 17.7 Å². The number of sulfonamides is 1. The molecule has 0 radical (unpaired) electrons. The molecular formula is C20H29N5O3S. The zero-order chi connectivity index (χ0) is 20.9. The van der Waals surface area contributed by atoms with Crippen molar-refractivity contribution in [3.63, 3.8) is 0 Å². The molecule has 1 saturated carbocycles. The third-order valence-electron chi connectivity index (χ3n) is 6.28. The molecule has 9 heteroatoms. The van der Waals surface area contributed by atoms with Crippen LogP contribution in [0, 0.1) is 6.92 Å². The smallest absolute Gasteiger partial charge is 0.254 e. The van der Waals surface area contributed by atoms with Gasteiger partial charge in [0.2, 0.25) is 10.0 Å². The summed E-state index contributed by atoms with van der Waals surface area (Å²) in [5.41, 5.74) is 3.23. The molecule has 1 amide bonds. The Morgan fingerprint density at radius 3 is 2.48 bits per heavy atom. The van der Waals surface area contributed by atoms with E-state index in [1.54, 1.807) is 18.7 Å². The fourth-order valence-corrected chi connectivity index (χ4v) is 5.33. The Morgan fingerprint density at radius 2 is 1.90 bits per heavy atom. The maximum absolute atomic E-state index is 13.4. The van der Waals surface area contributed by atoms with E-state index in [1.165, 1.54) is 4.31 Å². The first-order valence-corrected chi connectivity index (χ1v) is 11.9. The summed E-state index contributed by atoms with van der Waals surface area (Å²) in [6, 6.07) is 1.90. The average Bonchev–Trinajstić information content (AvgIpc) is 3.53. The van der Waals surface area contributed by atoms with Crippen LogP contribution in [0.2, 0.25) is 0 Å². The van der Waals surface area contributed by atoms with E-state index in [1.807, 2.05) is 24.9 Å². The van der Waals surface area contributed by atoms with Crippen molar-refractivity contribution in [2.45, 2.75) is 51.5 Å². The molecular weight excluding hydrogens is 390 g/mol. The molecule has 4 rings (SSSR count). The van der Waals surface area contributed by atoms with Crippen LogP contribution in [0.3, 0.4) is 0 Å². The minimum atomic E-state index is -3.22. The number of fused-ring (bicyclic) bond motifs is 1. The van der Waals surface area contributed by atoms with Crippen molar-refractivity contribution in [1.29, 1.82) is 0 Å². The minimum Gasteiger partial charge on any atom is -0.339 e. The number of aromatic nitrogens is 3. The van der Waals surface area contributed by atoms with Crippen molar-refractivity contribution in [2.24, 2.45) is 7.05 Å². The number of hydrogen-bond donors (Lipinski definition) is 0. The lowest BCUT2D eigenvalue weighted by Crippen LogP contribution is -2.47. The van der Waals surface area contributed by atoms with Gasteiger partial charge in [-0.05, 0) is 45.6 Å². The fraction of sp³-hybridized carbons (Fsp3) is 0.650. The lowest BCUT2D eigenvalue weighted by molar-refractivity contribution is 0.0688. The van der Waals surface area contributed by atoms with Crippen molar-refractivity contribution < 1.29 is 13.2 Å². The molecule has 2 fully saturated rings. The second kappa shape index (κ2) is 7.36. The van der Waals surface area contributed by atoms with Gasteiger partial charge in [0.05, 0.1) is 22.4 Å². The van der Waals surface area contributed by atoms with Crippen LogP contribution in [-0.4, -0.2) is 70.2 Å². The number of likely N-dealkylation sites (tertiary alicyclic amines) is 1. The van der Waals surface area contributed by atoms with E-state index >= 15 is 0 Å². The van der Waals surface area contributed by atoms with E-state index in [2.05, 4.69) is 5.10 Å². The first-order valence-electron chi connectivity index (χ1n) is 10.3. The van der Waals surface area contributed by atoms with E-state index in [0.717, 1.165) is 35.3 Å². The summed E-state index contributed by atoms with van der Waals surface area (Å²) in [5, 5.41) is 5.31. The molecule has 2 aromatic heterocycles. The number of carbonyl (C=O) groups is 1. The molecule has 0 N–H and O–H groups in total. The highest BCUT2D eigenvalue weighted by molar-refractivity contribution is 7.89. The van der Waals surface area contributed by atoms with Gasteiger partial charge in [-0.1, -0.05) is 0 Å². The monoisotopic (exact) mass is 419 g/mol. The fourth-order valence-electron chi connectivity index (χ4n) is 4.25. The van der Waals surface area contributed by atoms with Gasteiger partial charge in [0.1, 0.15) is 0 Å². The van der Waals surface area contributed by atoms with Crippen molar-refractivity contribution in [3.8, 4) is 0 Å². The molecule has 1 aliphatic carbocycles. The van der Waals surface area contributed by atoms with Gasteiger partial charge in [0.15, 0.2) is 5.65 Å². The van der Waals surface area contributed by atoms with Gasteiger partial charge in [0, 0.05) is 44.8 Å². The molecule has 3 heterocycles. The largest absolute Gasteiger partial charge is 0.339 e. The summed E-state index contributed by atoms with van der Waals surface area (Å²) < 4.78 is 27.6. The predicted octanol–water partition coefficient (Wildman–Crippen LogP) is 2.04. The second-order valence-electron chi connectivity index (χ2n) is 8.22. The molecule has 1 saturated heterocycles. The van der Waals surface area contributed by atoms with Crippen LogP contribution >= 0.6 is 0 Å². The van der Waals surface area contributed by atoms with Gasteiger partial charge >= 0.3 is 0 Å². The molecule has 0 atom stereocenters. The van der Waals surface area contributed by atoms with Crippen LogP contribution in [0.4, 0.5) is 0 Å². The highest BCUT2D eigenvalue weighted by Gasteiger charge is 2.33. The van der Waals surface area contributed by atoms with Crippen molar-refractivity contribution in [2.75, 3.05) is 25.9 Å². The summed E-state index contributed by atoms with van der Waals surface area (Å²) in [6.07, 6.45) is 3.54. The van der Waals surface area contributed by atoms with Crippen molar-refractivity contribution >= 4 is 27.0 Å². The van der Waals surface area contributed by atoms with Gasteiger partial charge in [-0.25, -0.2) is 17.7 Å². The Hall–Kier alpha value is -2.00. The van der Waals surface area contributed by atoms with Gasteiger partial charge in [-0.15, -0.1) is 0 Å². The summed E-state index contributed by atoms with van der Waals surface area (Å²) in [7, 11) is 0.294. The normalized spacial score (nSPS) is 18.7. The maximum atomic E-state index is 13.4. The molecule has 2 aromatic rings. The topological polar surface area (TPSA) is 88.4 Å². The van der Waals surface area contributed by atoms with Gasteiger partial charge in [-0.3, -0.25) is 9.48 Å². The highest BCUT2D eigenvalue weighted by Crippen LogP contribution is 2.40. The maximum Gasteiger partial charge on any atom is 0.254 e. The average molecular weight is 420 g/mol. The summed E-state index contributed by atoms with van der Waals surface area (Å²) in [6.45, 7) is 4.67. The molecule has 0 bridgehead atoms. The van der Waals surface area contributed by atoms with Crippen molar-refractivity contribution in [1.82, 2.24) is 24.0 Å². The Balaban J connectivity index is 1.59. The van der Waals surface area contributed by atoms with Crippen molar-refractivity contribution in [3.05, 3.63) is 23.0 Å². The van der Waals surface area contributed by atoms with Crippen LogP contribution in [0.25, 0.3) is 11.0 Å². The number of piperidine rings is 1. The predicted molar refractivity (Wildman–Crippen MR) is 111 cm³/mol. The van der Waals surface area contributed by atoms with E-state index < -0.39 is 10.0 Å². The molecule has 1 aliphatic heterocycles. The lowest BCUT2D eigenvalue weighted by atomic mass is 10.0. The second-order valence-corrected chi connectivity index (χ2v) is 10.5. The Labute approximate surface area is 171 Å². The zero-order valence-corrected chi connectivity index (χ0v) is 18.4. The number of hydrogen-bond acceptors (Lipinski definition) is 5. The number of amides is 1. The quantitative estimate of drug-likeness (QED) is 0.740. The van der Waals surface area contributed by atoms with Gasteiger partial charge in [0.25, 0.3) is 5.91 Å². The Morgan fingerprint density at radius 1 is 1.24 bits per heavy atom. The Kier molecular flexibility index (Phi) is 5.14. The molecule has 29 heavy (non-hydrogen) atoms. The molecule has 158 valence electrons. The number of aryl methyl sites for hydroxylation is 2. The first kappa shape index (κ1) is 20.3. The summed E-state index contributed by atoms with van der Waals surface area (Å²) in [5.74, 6) is 0.539. The molecule has 0 unspecified atom stereocenters. The molecule has 0 aromatic carbocycles. The van der Waals surface area contributed by atoms with E-state index in [9.17, 15) is 13.2 Å². The third kappa shape index (κ3) is 3.66. The summed E-state index contributed by atoms with van der Waals surface area (Å²) >= 11 is 0. The van der Waals surface area contributed by atoms with Gasteiger partial charge in [-0.2, -0.15) is 5.10 Å². The lowest BCUT2D eigenvalue weighted by Gasteiger charge is -2.36. The number of pyridine rings is 1. The van der Waals surface area contributed by atoms with Crippen LogP contribution < -0.4 is 0 Å². The van der Waals surface area contributed by atoms with Gasteiger partial charge < -0.3 is 4.90 Å². The third-order valence-corrected chi connectivity index (χ3v) is 8.19. The molecule has 8 nitrogen and oxygen atoms in total. The number of nitrogens with zero attached hydrogens (tertiary/aromatic N) is 5. The molecule has 0 spiro atoms. The SMILES string of the molecule is CCS(=O)(=O)N(C)C1CCN(C(=O)c2cc(C3CC3)nc3c2c(C)nn3C)CC1. The Bertz CT molecular complexity index is 1050. The van der Waals surface area contributed by atoms with Crippen LogP contribution in [0.5, 0.6) is 0 Å². The number of carbonyl (C=O) groups excluding carboxylic acids is 1. The molecule has 2 aliphatic rings.